The number of nitro groups is 2. The van der Waals surface area contributed by atoms with Gasteiger partial charge in [-0.05, 0) is 0 Å². The first-order chi connectivity index (χ1) is 6.29. The molecule has 0 unspecified atom stereocenters. The maximum absolute atomic E-state index is 10.6. The highest BCUT2D eigenvalue weighted by molar-refractivity contribution is 5.77. The van der Waals surface area contributed by atoms with Gasteiger partial charge in [0, 0.05) is 13.8 Å². The Hall–Kier alpha value is -2.26. The zero-order valence-corrected chi connectivity index (χ0v) is 7.24. The number of carbonyl (C=O) groups is 2. The van der Waals surface area contributed by atoms with Crippen molar-refractivity contribution < 1.29 is 19.7 Å². The van der Waals surface area contributed by atoms with E-state index in [1.165, 1.54) is 0 Å². The Morgan fingerprint density at radius 1 is 0.929 bits per heavy atom. The van der Waals surface area contributed by atoms with Crippen molar-refractivity contribution in [3.63, 3.8) is 0 Å². The number of carbonyl (C=O) groups excluding carboxylic acids is 2. The van der Waals surface area contributed by atoms with Crippen molar-refractivity contribution in [1.29, 1.82) is 0 Å². The molecule has 0 N–H and O–H groups in total. The van der Waals surface area contributed by atoms with Gasteiger partial charge >= 0.3 is 11.8 Å². The van der Waals surface area contributed by atoms with Crippen molar-refractivity contribution in [2.24, 2.45) is 0 Å². The monoisotopic (exact) mass is 206 g/mol. The van der Waals surface area contributed by atoms with E-state index in [1.54, 1.807) is 0 Å². The molecule has 2 amide bonds. The summed E-state index contributed by atoms with van der Waals surface area (Å²) in [5.41, 5.74) is 0. The second kappa shape index (κ2) is 4.11. The van der Waals surface area contributed by atoms with Crippen LogP contribution in [-0.4, -0.2) is 32.1 Å². The fourth-order valence-electron chi connectivity index (χ4n) is 0.635. The standard InChI is InChI=1S/C4H6N4O6/c1-3(9)5(7(11)12)6(4(2)10)8(13)14/h1-2H3. The van der Waals surface area contributed by atoms with Gasteiger partial charge in [-0.15, -0.1) is 0 Å². The van der Waals surface area contributed by atoms with E-state index in [2.05, 4.69) is 0 Å². The van der Waals surface area contributed by atoms with Crippen molar-refractivity contribution in [1.82, 2.24) is 10.2 Å². The summed E-state index contributed by atoms with van der Waals surface area (Å²) < 4.78 is 0. The molecule has 10 nitrogen and oxygen atoms in total. The molecule has 0 atom stereocenters. The van der Waals surface area contributed by atoms with Crippen LogP contribution < -0.4 is 0 Å². The van der Waals surface area contributed by atoms with Crippen LogP contribution >= 0.6 is 0 Å². The van der Waals surface area contributed by atoms with Gasteiger partial charge in [0.2, 0.25) is 0 Å². The third-order valence-electron chi connectivity index (χ3n) is 1.05. The Labute approximate surface area is 76.9 Å². The van der Waals surface area contributed by atoms with E-state index in [-0.39, 0.29) is 0 Å². The number of hydrazine groups is 3. The normalized spacial score (nSPS) is 9.00. The summed E-state index contributed by atoms with van der Waals surface area (Å²) in [5.74, 6) is -2.50. The minimum Gasteiger partial charge on any atom is -0.266 e. The molecule has 0 aromatic rings. The van der Waals surface area contributed by atoms with Gasteiger partial charge in [0.15, 0.2) is 10.1 Å². The summed E-state index contributed by atoms with van der Waals surface area (Å²) in [4.78, 5) is 41.7. The van der Waals surface area contributed by atoms with E-state index in [9.17, 15) is 29.8 Å². The molecule has 78 valence electrons. The fourth-order valence-corrected chi connectivity index (χ4v) is 0.635. The van der Waals surface area contributed by atoms with Crippen LogP contribution in [0.5, 0.6) is 0 Å². The van der Waals surface area contributed by atoms with Gasteiger partial charge in [-0.25, -0.2) is 20.2 Å². The topological polar surface area (TPSA) is 127 Å². The zero-order valence-electron chi connectivity index (χ0n) is 7.24. The van der Waals surface area contributed by atoms with Gasteiger partial charge in [0.1, 0.15) is 10.2 Å². The summed E-state index contributed by atoms with van der Waals surface area (Å²) >= 11 is 0. The van der Waals surface area contributed by atoms with Gasteiger partial charge in [-0.2, -0.15) is 0 Å². The van der Waals surface area contributed by atoms with Crippen molar-refractivity contribution in [2.75, 3.05) is 0 Å². The van der Waals surface area contributed by atoms with Crippen LogP contribution in [0.2, 0.25) is 0 Å². The van der Waals surface area contributed by atoms with E-state index in [0.29, 0.717) is 0 Å². The van der Waals surface area contributed by atoms with E-state index in [4.69, 9.17) is 0 Å². The highest BCUT2D eigenvalue weighted by Gasteiger charge is 2.40. The van der Waals surface area contributed by atoms with Gasteiger partial charge in [-0.1, -0.05) is 0 Å². The number of hydrogen-bond donors (Lipinski definition) is 0. The Balaban J connectivity index is 5.13. The molecule has 0 radical (unpaired) electrons. The van der Waals surface area contributed by atoms with Crippen LogP contribution in [-0.2, 0) is 9.59 Å². The average molecular weight is 206 g/mol. The SMILES string of the molecule is CC(=O)N(N(C(C)=O)[N+](=O)[O-])[N+](=O)[O-]. The number of amides is 2. The lowest BCUT2D eigenvalue weighted by Gasteiger charge is -2.13. The van der Waals surface area contributed by atoms with E-state index in [0.717, 1.165) is 13.8 Å². The maximum Gasteiger partial charge on any atom is 0.312 e. The molecule has 14 heavy (non-hydrogen) atoms. The molecular weight excluding hydrogens is 200 g/mol. The lowest BCUT2D eigenvalue weighted by Crippen LogP contribution is -2.53. The lowest BCUT2D eigenvalue weighted by atomic mass is 10.7. The van der Waals surface area contributed by atoms with E-state index in [1.807, 2.05) is 0 Å². The third kappa shape index (κ3) is 2.36. The maximum atomic E-state index is 10.6. The molecule has 0 rings (SSSR count). The average Bonchev–Trinajstić information content (AvgIpc) is 1.96. The minimum absolute atomic E-state index is 0.484. The predicted molar refractivity (Wildman–Crippen MR) is 39.0 cm³/mol. The second-order valence-electron chi connectivity index (χ2n) is 2.09. The number of nitrogens with zero attached hydrogens (tertiary/aromatic N) is 4. The molecule has 0 aliphatic heterocycles. The van der Waals surface area contributed by atoms with Crippen molar-refractivity contribution >= 4 is 11.8 Å². The second-order valence-corrected chi connectivity index (χ2v) is 2.09. The highest BCUT2D eigenvalue weighted by Crippen LogP contribution is 2.00. The smallest absolute Gasteiger partial charge is 0.266 e. The summed E-state index contributed by atoms with van der Waals surface area (Å²) in [7, 11) is 0. The highest BCUT2D eigenvalue weighted by atomic mass is 16.7. The van der Waals surface area contributed by atoms with Crippen LogP contribution in [0.25, 0.3) is 0 Å². The molecule has 0 spiro atoms. The third-order valence-corrected chi connectivity index (χ3v) is 1.05. The first-order valence-electron chi connectivity index (χ1n) is 3.19. The molecule has 0 fully saturated rings. The molecule has 0 saturated carbocycles. The van der Waals surface area contributed by atoms with Crippen molar-refractivity contribution in [3.8, 4) is 0 Å². The van der Waals surface area contributed by atoms with Crippen LogP contribution in [0.3, 0.4) is 0 Å². The van der Waals surface area contributed by atoms with E-state index < -0.39 is 32.1 Å². The molecular formula is C4H6N4O6. The van der Waals surface area contributed by atoms with Gasteiger partial charge in [0.05, 0.1) is 0 Å². The van der Waals surface area contributed by atoms with Crippen LogP contribution in [0.4, 0.5) is 0 Å². The molecule has 0 bridgehead atoms. The Bertz CT molecular complexity index is 242. The molecule has 0 aliphatic carbocycles. The van der Waals surface area contributed by atoms with Crippen molar-refractivity contribution in [2.45, 2.75) is 13.8 Å². The number of rotatable bonds is 2. The summed E-state index contributed by atoms with van der Waals surface area (Å²) in [6.45, 7) is 1.45. The number of hydrogen-bond acceptors (Lipinski definition) is 6. The summed E-state index contributed by atoms with van der Waals surface area (Å²) in [6, 6.07) is 0. The summed E-state index contributed by atoms with van der Waals surface area (Å²) in [6.07, 6.45) is 0. The van der Waals surface area contributed by atoms with E-state index >= 15 is 0 Å². The van der Waals surface area contributed by atoms with Gasteiger partial charge < -0.3 is 0 Å². The molecule has 0 aromatic heterocycles. The fraction of sp³-hybridized carbons (Fsp3) is 0.500. The molecule has 0 aliphatic rings. The van der Waals surface area contributed by atoms with Crippen molar-refractivity contribution in [3.05, 3.63) is 20.2 Å². The molecule has 10 heteroatoms. The lowest BCUT2D eigenvalue weighted by molar-refractivity contribution is -0.797. The summed E-state index contributed by atoms with van der Waals surface area (Å²) in [5, 5.41) is 16.7. The molecule has 0 aromatic carbocycles. The van der Waals surface area contributed by atoms with Gasteiger partial charge in [0.25, 0.3) is 0 Å². The largest absolute Gasteiger partial charge is 0.312 e. The first kappa shape index (κ1) is 11.7. The van der Waals surface area contributed by atoms with Crippen LogP contribution in [0.15, 0.2) is 0 Å². The van der Waals surface area contributed by atoms with Crippen LogP contribution in [0, 0.1) is 20.2 Å². The Kier molecular flexibility index (Phi) is 3.45. The minimum atomic E-state index is -1.35. The predicted octanol–water partition coefficient (Wildman–Crippen LogP) is -1.02. The zero-order chi connectivity index (χ0) is 11.5. The molecule has 0 heterocycles. The molecule has 0 saturated heterocycles. The Morgan fingerprint density at radius 2 is 1.14 bits per heavy atom. The quantitative estimate of drug-likeness (QED) is 0.420. The Morgan fingerprint density at radius 3 is 1.21 bits per heavy atom. The van der Waals surface area contributed by atoms with Gasteiger partial charge in [-0.3, -0.25) is 9.59 Å². The van der Waals surface area contributed by atoms with Crippen LogP contribution in [0.1, 0.15) is 13.8 Å². The first-order valence-corrected chi connectivity index (χ1v) is 3.19.